The Kier molecular flexibility index (Phi) is 6.00. The van der Waals surface area contributed by atoms with Crippen molar-refractivity contribution < 1.29 is 14.3 Å². The molecule has 3 aromatic rings. The molecule has 6 nitrogen and oxygen atoms in total. The number of amides is 1. The van der Waals surface area contributed by atoms with E-state index in [9.17, 15) is 9.59 Å². The number of fused-ring (bicyclic) bond motifs is 2. The van der Waals surface area contributed by atoms with Gasteiger partial charge in [-0.25, -0.2) is 4.79 Å². The Morgan fingerprint density at radius 1 is 1.10 bits per heavy atom. The Morgan fingerprint density at radius 2 is 1.81 bits per heavy atom. The van der Waals surface area contributed by atoms with E-state index in [-0.39, 0.29) is 5.91 Å². The SMILES string of the molecule is C[C@H](OC(=O)c1c2c(nc3ccccc13)CCN(Cc1ccccc1)C2)C(=O)N(C)C. The molecule has 0 spiro atoms. The first kappa shape index (κ1) is 21.0. The lowest BCUT2D eigenvalue weighted by Gasteiger charge is -2.30. The van der Waals surface area contributed by atoms with E-state index in [0.717, 1.165) is 41.7 Å². The summed E-state index contributed by atoms with van der Waals surface area (Å²) in [6.07, 6.45) is -0.0893. The normalized spacial score (nSPS) is 14.7. The number of likely N-dealkylation sites (N-methyl/N-ethyl adjacent to an activating group) is 1. The standard InChI is InChI=1S/C25H27N3O3/c1-17(24(29)27(2)3)31-25(30)23-19-11-7-8-12-21(19)26-22-13-14-28(16-20(22)23)15-18-9-5-4-6-10-18/h4-12,17H,13-16H2,1-3H3/t17-/m0/s1. The quantitative estimate of drug-likeness (QED) is 0.595. The first-order chi connectivity index (χ1) is 14.9. The molecule has 0 radical (unpaired) electrons. The predicted octanol–water partition coefficient (Wildman–Crippen LogP) is 3.43. The van der Waals surface area contributed by atoms with Crippen molar-refractivity contribution in [3.8, 4) is 0 Å². The van der Waals surface area contributed by atoms with E-state index in [0.29, 0.717) is 12.1 Å². The van der Waals surface area contributed by atoms with Crippen molar-refractivity contribution in [3.63, 3.8) is 0 Å². The topological polar surface area (TPSA) is 62.7 Å². The minimum atomic E-state index is -0.853. The Bertz CT molecular complexity index is 1110. The van der Waals surface area contributed by atoms with Crippen LogP contribution in [0.2, 0.25) is 0 Å². The molecule has 2 heterocycles. The van der Waals surface area contributed by atoms with Gasteiger partial charge in [-0.1, -0.05) is 48.5 Å². The Balaban J connectivity index is 1.69. The summed E-state index contributed by atoms with van der Waals surface area (Å²) in [6, 6.07) is 17.9. The second kappa shape index (κ2) is 8.86. The van der Waals surface area contributed by atoms with Crippen LogP contribution in [0.4, 0.5) is 0 Å². The van der Waals surface area contributed by atoms with Crippen molar-refractivity contribution in [2.75, 3.05) is 20.6 Å². The van der Waals surface area contributed by atoms with Crippen molar-refractivity contribution in [3.05, 3.63) is 77.0 Å². The number of aromatic nitrogens is 1. The average Bonchev–Trinajstić information content (AvgIpc) is 2.77. The fourth-order valence-electron chi connectivity index (χ4n) is 4.09. The number of esters is 1. The van der Waals surface area contributed by atoms with Gasteiger partial charge in [-0.15, -0.1) is 0 Å². The van der Waals surface area contributed by atoms with Gasteiger partial charge in [-0.3, -0.25) is 14.7 Å². The Hall–Kier alpha value is -3.25. The van der Waals surface area contributed by atoms with Gasteiger partial charge in [-0.05, 0) is 18.6 Å². The number of benzene rings is 2. The highest BCUT2D eigenvalue weighted by molar-refractivity contribution is 6.05. The van der Waals surface area contributed by atoms with E-state index in [2.05, 4.69) is 17.0 Å². The monoisotopic (exact) mass is 417 g/mol. The van der Waals surface area contributed by atoms with Crippen molar-refractivity contribution in [1.82, 2.24) is 14.8 Å². The predicted molar refractivity (Wildman–Crippen MR) is 120 cm³/mol. The number of carbonyl (C=O) groups excluding carboxylic acids is 2. The van der Waals surface area contributed by atoms with Crippen molar-refractivity contribution in [2.24, 2.45) is 0 Å². The van der Waals surface area contributed by atoms with Gasteiger partial charge in [0.15, 0.2) is 6.10 Å². The Labute approximate surface area is 182 Å². The fraction of sp³-hybridized carbons (Fsp3) is 0.320. The minimum absolute atomic E-state index is 0.244. The molecule has 31 heavy (non-hydrogen) atoms. The molecule has 0 unspecified atom stereocenters. The lowest BCUT2D eigenvalue weighted by molar-refractivity contribution is -0.137. The summed E-state index contributed by atoms with van der Waals surface area (Å²) in [5.41, 5.74) is 4.36. The zero-order valence-electron chi connectivity index (χ0n) is 18.2. The number of pyridine rings is 1. The van der Waals surface area contributed by atoms with E-state index in [1.54, 1.807) is 21.0 Å². The number of para-hydroxylation sites is 1. The molecule has 1 aliphatic heterocycles. The number of rotatable bonds is 5. The summed E-state index contributed by atoms with van der Waals surface area (Å²) >= 11 is 0. The summed E-state index contributed by atoms with van der Waals surface area (Å²) in [5.74, 6) is -0.717. The molecule has 2 aromatic carbocycles. The highest BCUT2D eigenvalue weighted by atomic mass is 16.5. The third-order valence-corrected chi connectivity index (χ3v) is 5.65. The van der Waals surface area contributed by atoms with Gasteiger partial charge in [0, 0.05) is 56.8 Å². The molecule has 160 valence electrons. The van der Waals surface area contributed by atoms with E-state index in [4.69, 9.17) is 9.72 Å². The molecule has 0 aliphatic carbocycles. The third-order valence-electron chi connectivity index (χ3n) is 5.65. The second-order valence-corrected chi connectivity index (χ2v) is 8.16. The van der Waals surface area contributed by atoms with Crippen LogP contribution in [0.25, 0.3) is 10.9 Å². The largest absolute Gasteiger partial charge is 0.449 e. The first-order valence-corrected chi connectivity index (χ1v) is 10.5. The van der Waals surface area contributed by atoms with Crippen molar-refractivity contribution in [2.45, 2.75) is 32.5 Å². The second-order valence-electron chi connectivity index (χ2n) is 8.16. The lowest BCUT2D eigenvalue weighted by atomic mass is 9.95. The molecule has 0 saturated carbocycles. The summed E-state index contributed by atoms with van der Waals surface area (Å²) in [5, 5.41) is 0.761. The number of hydrogen-bond donors (Lipinski definition) is 0. The highest BCUT2D eigenvalue weighted by Crippen LogP contribution is 2.29. The third kappa shape index (κ3) is 4.44. The smallest absolute Gasteiger partial charge is 0.339 e. The van der Waals surface area contributed by atoms with Gasteiger partial charge in [0.25, 0.3) is 5.91 Å². The van der Waals surface area contributed by atoms with Crippen LogP contribution < -0.4 is 0 Å². The van der Waals surface area contributed by atoms with Crippen molar-refractivity contribution >= 4 is 22.8 Å². The van der Waals surface area contributed by atoms with E-state index < -0.39 is 12.1 Å². The van der Waals surface area contributed by atoms with Crippen LogP contribution in [0.15, 0.2) is 54.6 Å². The molecule has 0 saturated heterocycles. The minimum Gasteiger partial charge on any atom is -0.449 e. The lowest BCUT2D eigenvalue weighted by Crippen LogP contribution is -2.36. The van der Waals surface area contributed by atoms with Gasteiger partial charge in [0.2, 0.25) is 0 Å². The van der Waals surface area contributed by atoms with Crippen molar-refractivity contribution in [1.29, 1.82) is 0 Å². The number of nitrogens with zero attached hydrogens (tertiary/aromatic N) is 3. The number of hydrogen-bond acceptors (Lipinski definition) is 5. The van der Waals surface area contributed by atoms with Crippen LogP contribution in [-0.2, 0) is 29.0 Å². The molecule has 0 N–H and O–H groups in total. The van der Waals surface area contributed by atoms with Gasteiger partial charge in [0.05, 0.1) is 11.1 Å². The maximum absolute atomic E-state index is 13.3. The summed E-state index contributed by atoms with van der Waals surface area (Å²) < 4.78 is 5.61. The van der Waals surface area contributed by atoms with E-state index in [1.807, 2.05) is 42.5 Å². The van der Waals surface area contributed by atoms with Gasteiger partial charge in [0.1, 0.15) is 0 Å². The molecular formula is C25H27N3O3. The van der Waals surface area contributed by atoms with E-state index in [1.165, 1.54) is 10.5 Å². The number of carbonyl (C=O) groups is 2. The zero-order chi connectivity index (χ0) is 22.0. The molecule has 6 heteroatoms. The highest BCUT2D eigenvalue weighted by Gasteiger charge is 2.29. The average molecular weight is 418 g/mol. The van der Waals surface area contributed by atoms with Crippen LogP contribution in [0.3, 0.4) is 0 Å². The molecule has 1 aliphatic rings. The maximum Gasteiger partial charge on any atom is 0.339 e. The molecule has 0 bridgehead atoms. The van der Waals surface area contributed by atoms with Crippen LogP contribution in [-0.4, -0.2) is 53.4 Å². The summed E-state index contributed by atoms with van der Waals surface area (Å²) in [7, 11) is 3.30. The summed E-state index contributed by atoms with van der Waals surface area (Å²) in [4.78, 5) is 34.1. The zero-order valence-corrected chi connectivity index (χ0v) is 18.2. The van der Waals surface area contributed by atoms with Crippen LogP contribution in [0.5, 0.6) is 0 Å². The van der Waals surface area contributed by atoms with Gasteiger partial charge in [-0.2, -0.15) is 0 Å². The molecule has 4 rings (SSSR count). The van der Waals surface area contributed by atoms with Crippen LogP contribution in [0.1, 0.15) is 34.1 Å². The Morgan fingerprint density at radius 3 is 2.55 bits per heavy atom. The fourth-order valence-corrected chi connectivity index (χ4v) is 4.09. The molecule has 0 fully saturated rings. The molecular weight excluding hydrogens is 390 g/mol. The van der Waals surface area contributed by atoms with Crippen LogP contribution in [0, 0.1) is 0 Å². The summed E-state index contributed by atoms with van der Waals surface area (Å²) in [6.45, 7) is 3.90. The van der Waals surface area contributed by atoms with E-state index >= 15 is 0 Å². The molecule has 1 aromatic heterocycles. The van der Waals surface area contributed by atoms with Crippen LogP contribution >= 0.6 is 0 Å². The van der Waals surface area contributed by atoms with Gasteiger partial charge < -0.3 is 9.64 Å². The molecule has 1 amide bonds. The van der Waals surface area contributed by atoms with Gasteiger partial charge >= 0.3 is 5.97 Å². The number of ether oxygens (including phenoxy) is 1. The maximum atomic E-state index is 13.3. The molecule has 1 atom stereocenters. The first-order valence-electron chi connectivity index (χ1n) is 10.5.